The van der Waals surface area contributed by atoms with Gasteiger partial charge in [0.2, 0.25) is 11.8 Å². The Balaban J connectivity index is 1.64. The first-order valence-corrected chi connectivity index (χ1v) is 11.4. The average molecular weight is 423 g/mol. The summed E-state index contributed by atoms with van der Waals surface area (Å²) in [5.74, 6) is 0.0216. The van der Waals surface area contributed by atoms with E-state index in [1.54, 1.807) is 12.1 Å². The van der Waals surface area contributed by atoms with Crippen LogP contribution in [0.3, 0.4) is 0 Å². The summed E-state index contributed by atoms with van der Waals surface area (Å²) in [7, 11) is 0. The van der Waals surface area contributed by atoms with E-state index in [0.717, 1.165) is 36.8 Å². The van der Waals surface area contributed by atoms with E-state index < -0.39 is 5.41 Å². The smallest absolute Gasteiger partial charge is 0.228 e. The van der Waals surface area contributed by atoms with Crippen molar-refractivity contribution in [2.75, 3.05) is 19.6 Å². The van der Waals surface area contributed by atoms with Crippen LogP contribution in [-0.2, 0) is 16.0 Å². The maximum Gasteiger partial charge on any atom is 0.228 e. The first-order chi connectivity index (χ1) is 15.0. The number of likely N-dealkylation sites (tertiary alicyclic amines) is 1. The molecule has 1 heterocycles. The summed E-state index contributed by atoms with van der Waals surface area (Å²) in [4.78, 5) is 28.2. The van der Waals surface area contributed by atoms with Crippen LogP contribution in [0.2, 0.25) is 0 Å². The van der Waals surface area contributed by atoms with Gasteiger partial charge in [-0.2, -0.15) is 0 Å². The number of hydrogen-bond acceptors (Lipinski definition) is 2. The number of amides is 2. The van der Waals surface area contributed by atoms with Gasteiger partial charge < -0.3 is 10.2 Å². The van der Waals surface area contributed by atoms with Crippen LogP contribution >= 0.6 is 0 Å². The Morgan fingerprint density at radius 3 is 2.45 bits per heavy atom. The first kappa shape index (κ1) is 21.5. The molecule has 0 bridgehead atoms. The summed E-state index contributed by atoms with van der Waals surface area (Å²) < 4.78 is 14.6. The molecular weight excluding hydrogens is 391 g/mol. The van der Waals surface area contributed by atoms with E-state index in [2.05, 4.69) is 5.32 Å². The molecule has 1 saturated heterocycles. The summed E-state index contributed by atoms with van der Waals surface area (Å²) in [6.07, 6.45) is 5.25. The highest BCUT2D eigenvalue weighted by Gasteiger charge is 2.47. The monoisotopic (exact) mass is 422 g/mol. The summed E-state index contributed by atoms with van der Waals surface area (Å²) in [6, 6.07) is 14.5. The second-order valence-electron chi connectivity index (χ2n) is 8.94. The fraction of sp³-hybridized carbons (Fsp3) is 0.462. The fourth-order valence-corrected chi connectivity index (χ4v) is 5.23. The highest BCUT2D eigenvalue weighted by molar-refractivity contribution is 5.86. The number of carbonyl (C=O) groups excluding carboxylic acids is 2. The molecule has 4 nitrogen and oxygen atoms in total. The van der Waals surface area contributed by atoms with E-state index in [0.29, 0.717) is 38.0 Å². The van der Waals surface area contributed by atoms with Crippen LogP contribution in [0.1, 0.15) is 44.6 Å². The van der Waals surface area contributed by atoms with Crippen molar-refractivity contribution in [3.8, 4) is 11.1 Å². The summed E-state index contributed by atoms with van der Waals surface area (Å²) in [5, 5.41) is 3.00. The molecule has 0 aromatic heterocycles. The lowest BCUT2D eigenvalue weighted by Crippen LogP contribution is -2.45. The van der Waals surface area contributed by atoms with Gasteiger partial charge in [0, 0.05) is 31.1 Å². The van der Waals surface area contributed by atoms with E-state index in [4.69, 9.17) is 0 Å². The molecule has 1 aliphatic heterocycles. The molecule has 2 aliphatic rings. The molecule has 2 fully saturated rings. The summed E-state index contributed by atoms with van der Waals surface area (Å²) >= 11 is 0. The highest BCUT2D eigenvalue weighted by Crippen LogP contribution is 2.39. The molecule has 1 saturated carbocycles. The second-order valence-corrected chi connectivity index (χ2v) is 8.94. The fourth-order valence-electron chi connectivity index (χ4n) is 5.23. The van der Waals surface area contributed by atoms with Gasteiger partial charge in [0.1, 0.15) is 5.82 Å². The molecule has 0 radical (unpaired) electrons. The van der Waals surface area contributed by atoms with Crippen LogP contribution in [0, 0.1) is 17.2 Å². The third kappa shape index (κ3) is 4.36. The molecule has 0 spiro atoms. The lowest BCUT2D eigenvalue weighted by Gasteiger charge is -2.30. The first-order valence-electron chi connectivity index (χ1n) is 11.4. The van der Waals surface area contributed by atoms with Crippen LogP contribution in [0.15, 0.2) is 48.5 Å². The lowest BCUT2D eigenvalue weighted by molar-refractivity contribution is -0.136. The van der Waals surface area contributed by atoms with Crippen molar-refractivity contribution < 1.29 is 14.0 Å². The highest BCUT2D eigenvalue weighted by atomic mass is 19.1. The molecule has 2 amide bonds. The third-order valence-corrected chi connectivity index (χ3v) is 6.90. The molecule has 2 aromatic carbocycles. The van der Waals surface area contributed by atoms with Crippen molar-refractivity contribution in [1.82, 2.24) is 10.2 Å². The summed E-state index contributed by atoms with van der Waals surface area (Å²) in [6.45, 7) is 3.50. The zero-order valence-corrected chi connectivity index (χ0v) is 18.2. The maximum atomic E-state index is 14.6. The minimum Gasteiger partial charge on any atom is -0.356 e. The number of carbonyl (C=O) groups is 2. The zero-order valence-electron chi connectivity index (χ0n) is 18.2. The average Bonchev–Trinajstić information content (AvgIpc) is 3.46. The molecule has 164 valence electrons. The van der Waals surface area contributed by atoms with Crippen molar-refractivity contribution in [2.45, 2.75) is 45.4 Å². The molecule has 2 aromatic rings. The normalized spacial score (nSPS) is 21.4. The van der Waals surface area contributed by atoms with Crippen LogP contribution in [0.5, 0.6) is 0 Å². The number of nitrogens with one attached hydrogen (secondary N) is 1. The van der Waals surface area contributed by atoms with Gasteiger partial charge in [-0.05, 0) is 49.8 Å². The predicted molar refractivity (Wildman–Crippen MR) is 120 cm³/mol. The van der Waals surface area contributed by atoms with Crippen molar-refractivity contribution in [1.29, 1.82) is 0 Å². The van der Waals surface area contributed by atoms with Crippen molar-refractivity contribution >= 4 is 11.8 Å². The molecule has 1 N–H and O–H groups in total. The number of halogens is 1. The number of rotatable bonds is 6. The molecule has 1 aliphatic carbocycles. The Morgan fingerprint density at radius 1 is 1.06 bits per heavy atom. The van der Waals surface area contributed by atoms with Crippen LogP contribution < -0.4 is 5.32 Å². The van der Waals surface area contributed by atoms with E-state index >= 15 is 0 Å². The van der Waals surface area contributed by atoms with Crippen molar-refractivity contribution in [2.24, 2.45) is 11.3 Å². The van der Waals surface area contributed by atoms with E-state index in [9.17, 15) is 14.0 Å². The quantitative estimate of drug-likeness (QED) is 0.741. The Labute approximate surface area is 183 Å². The molecule has 4 rings (SSSR count). The van der Waals surface area contributed by atoms with E-state index in [1.165, 1.54) is 6.07 Å². The van der Waals surface area contributed by atoms with Crippen LogP contribution in [-0.4, -0.2) is 36.3 Å². The van der Waals surface area contributed by atoms with Crippen molar-refractivity contribution in [3.05, 3.63) is 59.9 Å². The van der Waals surface area contributed by atoms with Gasteiger partial charge in [0.15, 0.2) is 0 Å². The largest absolute Gasteiger partial charge is 0.356 e. The Hall–Kier alpha value is -2.69. The topological polar surface area (TPSA) is 49.4 Å². The second kappa shape index (κ2) is 9.21. The predicted octanol–water partition coefficient (Wildman–Crippen LogP) is 4.58. The Kier molecular flexibility index (Phi) is 6.40. The van der Waals surface area contributed by atoms with Crippen molar-refractivity contribution in [3.63, 3.8) is 0 Å². The minimum atomic E-state index is -0.689. The molecule has 31 heavy (non-hydrogen) atoms. The standard InChI is InChI=1S/C26H31FN2O2/c1-2-28-25(31)26(15-16-29(18-26)24(30)19-9-3-4-10-19)17-20-11-5-6-12-21(20)22-13-7-8-14-23(22)27/h5-8,11-14,19H,2-4,9-10,15-18H2,1H3,(H,28,31). The van der Waals surface area contributed by atoms with Crippen LogP contribution in [0.4, 0.5) is 4.39 Å². The SMILES string of the molecule is CCNC(=O)C1(Cc2ccccc2-c2ccccc2F)CCN(C(=O)C2CCCC2)C1. The number of benzene rings is 2. The summed E-state index contributed by atoms with van der Waals surface area (Å²) in [5.41, 5.74) is 1.60. The van der Waals surface area contributed by atoms with E-state index in [-0.39, 0.29) is 23.5 Å². The number of nitrogens with zero attached hydrogens (tertiary/aromatic N) is 1. The van der Waals surface area contributed by atoms with Crippen LogP contribution in [0.25, 0.3) is 11.1 Å². The third-order valence-electron chi connectivity index (χ3n) is 6.90. The zero-order chi connectivity index (χ0) is 21.8. The van der Waals surface area contributed by atoms with Gasteiger partial charge in [-0.25, -0.2) is 4.39 Å². The van der Waals surface area contributed by atoms with Gasteiger partial charge in [-0.3, -0.25) is 9.59 Å². The van der Waals surface area contributed by atoms with Gasteiger partial charge in [0.25, 0.3) is 0 Å². The molecule has 5 heteroatoms. The molecule has 1 unspecified atom stereocenters. The number of hydrogen-bond donors (Lipinski definition) is 1. The van der Waals surface area contributed by atoms with Gasteiger partial charge in [-0.1, -0.05) is 55.3 Å². The molecular formula is C26H31FN2O2. The van der Waals surface area contributed by atoms with Gasteiger partial charge in [-0.15, -0.1) is 0 Å². The molecule has 1 atom stereocenters. The van der Waals surface area contributed by atoms with E-state index in [1.807, 2.05) is 42.2 Å². The Morgan fingerprint density at radius 2 is 1.74 bits per heavy atom. The van der Waals surface area contributed by atoms with Gasteiger partial charge in [0.05, 0.1) is 5.41 Å². The maximum absolute atomic E-state index is 14.6. The minimum absolute atomic E-state index is 0.0138. The lowest BCUT2D eigenvalue weighted by atomic mass is 9.78. The van der Waals surface area contributed by atoms with Gasteiger partial charge >= 0.3 is 0 Å². The Bertz CT molecular complexity index is 954.